The number of fused-ring (bicyclic) bond motifs is 1. The van der Waals surface area contributed by atoms with Gasteiger partial charge in [0.25, 0.3) is 0 Å². The predicted molar refractivity (Wildman–Crippen MR) is 97.6 cm³/mol. The first-order valence-electron chi connectivity index (χ1n) is 8.98. The second-order valence-corrected chi connectivity index (χ2v) is 6.60. The van der Waals surface area contributed by atoms with Gasteiger partial charge in [0.1, 0.15) is 0 Å². The van der Waals surface area contributed by atoms with Crippen LogP contribution in [0.2, 0.25) is 0 Å². The highest BCUT2D eigenvalue weighted by Gasteiger charge is 2.16. The molecular formula is C20H30N2O. The van der Waals surface area contributed by atoms with Crippen LogP contribution >= 0.6 is 0 Å². The van der Waals surface area contributed by atoms with Gasteiger partial charge in [-0.2, -0.15) is 0 Å². The highest BCUT2D eigenvalue weighted by molar-refractivity contribution is 5.83. The lowest BCUT2D eigenvalue weighted by molar-refractivity contribution is -0.133. The molecule has 1 heterocycles. The number of amides is 1. The molecule has 0 bridgehead atoms. The van der Waals surface area contributed by atoms with Gasteiger partial charge in [-0.05, 0) is 44.7 Å². The first-order chi connectivity index (χ1) is 11.1. The number of para-hydroxylation sites is 1. The largest absolute Gasteiger partial charge is 0.361 e. The zero-order chi connectivity index (χ0) is 16.7. The summed E-state index contributed by atoms with van der Waals surface area (Å²) in [7, 11) is 0. The summed E-state index contributed by atoms with van der Waals surface area (Å²) in [6, 6.07) is 8.65. The summed E-state index contributed by atoms with van der Waals surface area (Å²) in [6.07, 6.45) is 8.10. The van der Waals surface area contributed by atoms with E-state index in [1.54, 1.807) is 0 Å². The Hall–Kier alpha value is -1.77. The smallest absolute Gasteiger partial charge is 0.222 e. The Morgan fingerprint density at radius 1 is 1.17 bits per heavy atom. The van der Waals surface area contributed by atoms with Gasteiger partial charge in [0.05, 0.1) is 0 Å². The summed E-state index contributed by atoms with van der Waals surface area (Å²) in [5.41, 5.74) is 2.49. The lowest BCUT2D eigenvalue weighted by Gasteiger charge is -2.27. The lowest BCUT2D eigenvalue weighted by atomic mass is 10.1. The third-order valence-electron chi connectivity index (χ3n) is 4.46. The molecule has 0 aliphatic heterocycles. The van der Waals surface area contributed by atoms with Gasteiger partial charge in [0, 0.05) is 36.1 Å². The molecule has 3 nitrogen and oxygen atoms in total. The van der Waals surface area contributed by atoms with E-state index < -0.39 is 0 Å². The molecule has 0 unspecified atom stereocenters. The zero-order valence-electron chi connectivity index (χ0n) is 14.8. The molecule has 0 saturated heterocycles. The van der Waals surface area contributed by atoms with Crippen LogP contribution in [-0.2, 0) is 11.2 Å². The maximum atomic E-state index is 12.5. The third-order valence-corrected chi connectivity index (χ3v) is 4.46. The number of nitrogens with zero attached hydrogens (tertiary/aromatic N) is 1. The van der Waals surface area contributed by atoms with E-state index in [2.05, 4.69) is 50.2 Å². The molecule has 1 N–H and O–H groups in total. The fourth-order valence-electron chi connectivity index (χ4n) is 3.12. The quantitative estimate of drug-likeness (QED) is 0.655. The SMILES string of the molecule is CCCCCN(C(=O)CCCc1c[nH]c2ccccc12)C(C)C. The van der Waals surface area contributed by atoms with Crippen molar-refractivity contribution in [1.82, 2.24) is 9.88 Å². The number of H-pyrrole nitrogens is 1. The van der Waals surface area contributed by atoms with E-state index in [1.165, 1.54) is 29.3 Å². The van der Waals surface area contributed by atoms with Gasteiger partial charge in [-0.25, -0.2) is 0 Å². The van der Waals surface area contributed by atoms with Crippen molar-refractivity contribution in [3.05, 3.63) is 36.0 Å². The first kappa shape index (κ1) is 17.6. The third kappa shape index (κ3) is 4.85. The molecule has 1 amide bonds. The zero-order valence-corrected chi connectivity index (χ0v) is 14.8. The molecule has 0 atom stereocenters. The topological polar surface area (TPSA) is 36.1 Å². The molecule has 0 spiro atoms. The number of aromatic nitrogens is 1. The maximum Gasteiger partial charge on any atom is 0.222 e. The number of nitrogens with one attached hydrogen (secondary N) is 1. The minimum absolute atomic E-state index is 0.299. The Morgan fingerprint density at radius 3 is 2.70 bits per heavy atom. The van der Waals surface area contributed by atoms with Crippen LogP contribution in [0.3, 0.4) is 0 Å². The van der Waals surface area contributed by atoms with Gasteiger partial charge in [0.2, 0.25) is 5.91 Å². The lowest BCUT2D eigenvalue weighted by Crippen LogP contribution is -2.37. The summed E-state index contributed by atoms with van der Waals surface area (Å²) in [5.74, 6) is 0.302. The molecule has 0 aliphatic rings. The van der Waals surface area contributed by atoms with Gasteiger partial charge in [-0.3, -0.25) is 4.79 Å². The van der Waals surface area contributed by atoms with E-state index in [-0.39, 0.29) is 0 Å². The molecule has 126 valence electrons. The fraction of sp³-hybridized carbons (Fsp3) is 0.550. The Kier molecular flexibility index (Phi) is 6.69. The summed E-state index contributed by atoms with van der Waals surface area (Å²) >= 11 is 0. The molecule has 1 aromatic heterocycles. The number of carbonyl (C=O) groups excluding carboxylic acids is 1. The van der Waals surface area contributed by atoms with Crippen LogP contribution < -0.4 is 0 Å². The second kappa shape index (κ2) is 8.76. The predicted octanol–water partition coefficient (Wildman–Crippen LogP) is 4.92. The van der Waals surface area contributed by atoms with Crippen LogP contribution in [0, 0.1) is 0 Å². The molecule has 2 rings (SSSR count). The maximum absolute atomic E-state index is 12.5. The number of unbranched alkanes of at least 4 members (excludes halogenated alkanes) is 2. The number of aromatic amines is 1. The number of hydrogen-bond donors (Lipinski definition) is 1. The average Bonchev–Trinajstić information content (AvgIpc) is 2.94. The average molecular weight is 314 g/mol. The second-order valence-electron chi connectivity index (χ2n) is 6.60. The van der Waals surface area contributed by atoms with Gasteiger partial charge in [-0.15, -0.1) is 0 Å². The molecule has 2 aromatic rings. The Morgan fingerprint density at radius 2 is 1.96 bits per heavy atom. The van der Waals surface area contributed by atoms with Crippen molar-refractivity contribution in [2.45, 2.75) is 65.3 Å². The van der Waals surface area contributed by atoms with Gasteiger partial charge in [0.15, 0.2) is 0 Å². The van der Waals surface area contributed by atoms with E-state index in [0.717, 1.165) is 25.8 Å². The number of hydrogen-bond acceptors (Lipinski definition) is 1. The molecule has 0 aliphatic carbocycles. The van der Waals surface area contributed by atoms with Crippen LogP contribution in [0.5, 0.6) is 0 Å². The Balaban J connectivity index is 1.85. The van der Waals surface area contributed by atoms with Crippen molar-refractivity contribution < 1.29 is 4.79 Å². The number of carbonyl (C=O) groups is 1. The van der Waals surface area contributed by atoms with Gasteiger partial charge < -0.3 is 9.88 Å². The first-order valence-corrected chi connectivity index (χ1v) is 8.98. The van der Waals surface area contributed by atoms with E-state index in [1.807, 2.05) is 11.0 Å². The molecule has 3 heteroatoms. The summed E-state index contributed by atoms with van der Waals surface area (Å²) in [4.78, 5) is 17.8. The normalized spacial score (nSPS) is 11.3. The highest BCUT2D eigenvalue weighted by atomic mass is 16.2. The van der Waals surface area contributed by atoms with Crippen molar-refractivity contribution in [3.63, 3.8) is 0 Å². The molecule has 0 saturated carbocycles. The Labute approximate surface area is 140 Å². The molecule has 0 radical (unpaired) electrons. The van der Waals surface area contributed by atoms with Crippen LogP contribution in [0.1, 0.15) is 58.4 Å². The van der Waals surface area contributed by atoms with Gasteiger partial charge >= 0.3 is 0 Å². The van der Waals surface area contributed by atoms with E-state index in [0.29, 0.717) is 18.4 Å². The minimum atomic E-state index is 0.299. The number of aryl methyl sites for hydroxylation is 1. The minimum Gasteiger partial charge on any atom is -0.361 e. The van der Waals surface area contributed by atoms with E-state index in [9.17, 15) is 4.79 Å². The summed E-state index contributed by atoms with van der Waals surface area (Å²) in [5, 5.41) is 1.28. The van der Waals surface area contributed by atoms with E-state index in [4.69, 9.17) is 0 Å². The number of benzene rings is 1. The van der Waals surface area contributed by atoms with Crippen LogP contribution in [-0.4, -0.2) is 28.4 Å². The molecule has 1 aromatic carbocycles. The number of rotatable bonds is 9. The van der Waals surface area contributed by atoms with Crippen LogP contribution in [0.25, 0.3) is 10.9 Å². The van der Waals surface area contributed by atoms with Crippen LogP contribution in [0.4, 0.5) is 0 Å². The monoisotopic (exact) mass is 314 g/mol. The fourth-order valence-corrected chi connectivity index (χ4v) is 3.12. The van der Waals surface area contributed by atoms with Gasteiger partial charge in [-0.1, -0.05) is 38.0 Å². The standard InChI is InChI=1S/C20H30N2O/c1-4-5-8-14-22(16(2)3)20(23)13-9-10-17-15-21-19-12-7-6-11-18(17)19/h6-7,11-12,15-16,21H,4-5,8-10,13-14H2,1-3H3. The summed E-state index contributed by atoms with van der Waals surface area (Å²) < 4.78 is 0. The Bertz CT molecular complexity index is 615. The molecule has 23 heavy (non-hydrogen) atoms. The highest BCUT2D eigenvalue weighted by Crippen LogP contribution is 2.19. The van der Waals surface area contributed by atoms with Crippen LogP contribution in [0.15, 0.2) is 30.5 Å². The summed E-state index contributed by atoms with van der Waals surface area (Å²) in [6.45, 7) is 7.33. The van der Waals surface area contributed by atoms with Crippen molar-refractivity contribution in [3.8, 4) is 0 Å². The van der Waals surface area contributed by atoms with Crippen molar-refractivity contribution in [2.75, 3.05) is 6.54 Å². The van der Waals surface area contributed by atoms with E-state index >= 15 is 0 Å². The van der Waals surface area contributed by atoms with Crippen molar-refractivity contribution in [2.24, 2.45) is 0 Å². The molecular weight excluding hydrogens is 284 g/mol. The van der Waals surface area contributed by atoms with Crippen molar-refractivity contribution >= 4 is 16.8 Å². The molecule has 0 fully saturated rings. The van der Waals surface area contributed by atoms with Crippen molar-refractivity contribution in [1.29, 1.82) is 0 Å².